The van der Waals surface area contributed by atoms with Crippen LogP contribution in [-0.4, -0.2) is 52.6 Å². The fourth-order valence-electron chi connectivity index (χ4n) is 4.52. The van der Waals surface area contributed by atoms with Gasteiger partial charge in [0, 0.05) is 38.1 Å². The number of hydrogen-bond donors (Lipinski definition) is 2. The molecule has 4 rings (SSSR count). The topological polar surface area (TPSA) is 66.0 Å². The van der Waals surface area contributed by atoms with E-state index < -0.39 is 0 Å². The van der Waals surface area contributed by atoms with Crippen molar-refractivity contribution in [3.8, 4) is 11.3 Å². The van der Waals surface area contributed by atoms with Crippen LogP contribution in [0, 0.1) is 0 Å². The molecule has 2 aromatic rings. The molecule has 32 heavy (non-hydrogen) atoms. The fraction of sp³-hybridized carbons (Fsp3) is 0.577. The lowest BCUT2D eigenvalue weighted by atomic mass is 9.95. The van der Waals surface area contributed by atoms with E-state index in [4.69, 9.17) is 9.97 Å². The van der Waals surface area contributed by atoms with Gasteiger partial charge in [-0.25, -0.2) is 4.98 Å². The predicted molar refractivity (Wildman–Crippen MR) is 134 cm³/mol. The number of unbranched alkanes of at least 4 members (excludes halogenated alkanes) is 1. The fourth-order valence-corrected chi connectivity index (χ4v) is 4.52. The Labute approximate surface area is 193 Å². The molecule has 1 saturated heterocycles. The van der Waals surface area contributed by atoms with Crippen molar-refractivity contribution in [3.05, 3.63) is 35.7 Å². The van der Waals surface area contributed by atoms with Gasteiger partial charge in [0.2, 0.25) is 5.95 Å². The van der Waals surface area contributed by atoms with Gasteiger partial charge in [0.05, 0.1) is 11.3 Å². The van der Waals surface area contributed by atoms with Crippen molar-refractivity contribution in [1.29, 1.82) is 0 Å². The average Bonchev–Trinajstić information content (AvgIpc) is 2.82. The van der Waals surface area contributed by atoms with Crippen LogP contribution in [0.3, 0.4) is 0 Å². The van der Waals surface area contributed by atoms with E-state index in [-0.39, 0.29) is 0 Å². The summed E-state index contributed by atoms with van der Waals surface area (Å²) >= 11 is 0. The SMILES string of the molecule is CCCCNc1ncc(-c2ccc(C=C3CCN(C)CC3)cn2)c(NC2CCCCC2)n1. The first kappa shape index (κ1) is 22.7. The summed E-state index contributed by atoms with van der Waals surface area (Å²) in [4.78, 5) is 16.6. The second-order valence-corrected chi connectivity index (χ2v) is 9.30. The Balaban J connectivity index is 1.53. The van der Waals surface area contributed by atoms with Crippen LogP contribution in [0.5, 0.6) is 0 Å². The maximum absolute atomic E-state index is 4.85. The molecule has 2 fully saturated rings. The molecule has 0 unspecified atom stereocenters. The number of hydrogen-bond acceptors (Lipinski definition) is 6. The molecule has 3 heterocycles. The molecule has 0 amide bonds. The summed E-state index contributed by atoms with van der Waals surface area (Å²) in [5, 5.41) is 7.08. The van der Waals surface area contributed by atoms with Crippen molar-refractivity contribution >= 4 is 17.8 Å². The normalized spacial score (nSPS) is 17.9. The van der Waals surface area contributed by atoms with E-state index in [1.165, 1.54) is 43.2 Å². The van der Waals surface area contributed by atoms with Crippen LogP contribution in [0.2, 0.25) is 0 Å². The lowest BCUT2D eigenvalue weighted by molar-refractivity contribution is 0.313. The highest BCUT2D eigenvalue weighted by Gasteiger charge is 2.18. The minimum Gasteiger partial charge on any atom is -0.367 e. The molecule has 1 saturated carbocycles. The first-order chi connectivity index (χ1) is 15.7. The molecule has 2 aromatic heterocycles. The van der Waals surface area contributed by atoms with Crippen molar-refractivity contribution in [2.45, 2.75) is 70.8 Å². The van der Waals surface area contributed by atoms with Gasteiger partial charge in [-0.1, -0.05) is 50.3 Å². The van der Waals surface area contributed by atoms with E-state index in [1.807, 2.05) is 12.4 Å². The Bertz CT molecular complexity index is 876. The highest BCUT2D eigenvalue weighted by Crippen LogP contribution is 2.29. The lowest BCUT2D eigenvalue weighted by Gasteiger charge is -2.24. The van der Waals surface area contributed by atoms with E-state index >= 15 is 0 Å². The third-order valence-electron chi connectivity index (χ3n) is 6.61. The minimum absolute atomic E-state index is 0.481. The van der Waals surface area contributed by atoms with Crippen LogP contribution in [0.1, 0.15) is 70.3 Å². The number of nitrogens with one attached hydrogen (secondary N) is 2. The van der Waals surface area contributed by atoms with Gasteiger partial charge in [0.25, 0.3) is 0 Å². The Morgan fingerprint density at radius 2 is 1.88 bits per heavy atom. The number of aromatic nitrogens is 3. The van der Waals surface area contributed by atoms with Gasteiger partial charge in [-0.15, -0.1) is 0 Å². The second-order valence-electron chi connectivity index (χ2n) is 9.30. The zero-order valence-electron chi connectivity index (χ0n) is 19.7. The third kappa shape index (κ3) is 6.28. The van der Waals surface area contributed by atoms with E-state index in [2.05, 4.69) is 52.7 Å². The quantitative estimate of drug-likeness (QED) is 0.527. The molecule has 2 aliphatic rings. The first-order valence-electron chi connectivity index (χ1n) is 12.4. The number of anilines is 2. The molecular weight excluding hydrogens is 396 g/mol. The first-order valence-corrected chi connectivity index (χ1v) is 12.4. The summed E-state index contributed by atoms with van der Waals surface area (Å²) in [6.45, 7) is 5.38. The monoisotopic (exact) mass is 434 g/mol. The molecule has 0 bridgehead atoms. The largest absolute Gasteiger partial charge is 0.367 e. The molecule has 1 aliphatic carbocycles. The smallest absolute Gasteiger partial charge is 0.224 e. The van der Waals surface area contributed by atoms with Crippen molar-refractivity contribution in [2.75, 3.05) is 37.3 Å². The summed E-state index contributed by atoms with van der Waals surface area (Å²) in [6.07, 6.45) is 17.1. The number of nitrogens with zero attached hydrogens (tertiary/aromatic N) is 4. The van der Waals surface area contributed by atoms with Crippen LogP contribution in [-0.2, 0) is 0 Å². The maximum atomic E-state index is 4.85. The van der Waals surface area contributed by atoms with Crippen molar-refractivity contribution in [2.24, 2.45) is 0 Å². The Morgan fingerprint density at radius 1 is 1.06 bits per heavy atom. The minimum atomic E-state index is 0.481. The number of pyridine rings is 1. The van der Waals surface area contributed by atoms with Gasteiger partial charge in [-0.3, -0.25) is 4.98 Å². The third-order valence-corrected chi connectivity index (χ3v) is 6.61. The molecule has 0 aromatic carbocycles. The molecular formula is C26H38N6. The summed E-state index contributed by atoms with van der Waals surface area (Å²) in [5.41, 5.74) is 4.60. The Kier molecular flexibility index (Phi) is 8.10. The predicted octanol–water partition coefficient (Wildman–Crippen LogP) is 5.60. The zero-order valence-corrected chi connectivity index (χ0v) is 19.7. The highest BCUT2D eigenvalue weighted by molar-refractivity contribution is 5.73. The molecule has 2 N–H and O–H groups in total. The number of piperidine rings is 1. The van der Waals surface area contributed by atoms with Gasteiger partial charge < -0.3 is 15.5 Å². The van der Waals surface area contributed by atoms with Gasteiger partial charge in [-0.2, -0.15) is 4.98 Å². The molecule has 0 radical (unpaired) electrons. The summed E-state index contributed by atoms with van der Waals surface area (Å²) in [5.74, 6) is 1.60. The second kappa shape index (κ2) is 11.4. The molecule has 0 spiro atoms. The highest BCUT2D eigenvalue weighted by atomic mass is 15.1. The van der Waals surface area contributed by atoms with Gasteiger partial charge in [0.15, 0.2) is 0 Å². The summed E-state index contributed by atoms with van der Waals surface area (Å²) in [7, 11) is 2.19. The van der Waals surface area contributed by atoms with Crippen LogP contribution in [0.4, 0.5) is 11.8 Å². The standard InChI is InChI=1S/C26H38N6/c1-3-4-14-27-26-29-19-23(25(31-26)30-22-8-6-5-7-9-22)24-11-10-21(18-28-24)17-20-12-15-32(2)16-13-20/h10-11,17-19,22H,3-9,12-16H2,1-2H3,(H2,27,29,30,31). The molecule has 172 valence electrons. The van der Waals surface area contributed by atoms with E-state index in [9.17, 15) is 0 Å². The van der Waals surface area contributed by atoms with Crippen LogP contribution in [0.15, 0.2) is 30.1 Å². The average molecular weight is 435 g/mol. The van der Waals surface area contributed by atoms with E-state index in [0.717, 1.165) is 62.4 Å². The Morgan fingerprint density at radius 3 is 2.59 bits per heavy atom. The summed E-state index contributed by atoms with van der Waals surface area (Å²) < 4.78 is 0. The van der Waals surface area contributed by atoms with Crippen molar-refractivity contribution in [1.82, 2.24) is 19.9 Å². The molecule has 1 aliphatic heterocycles. The lowest BCUT2D eigenvalue weighted by Crippen LogP contribution is -2.26. The van der Waals surface area contributed by atoms with E-state index in [0.29, 0.717) is 12.0 Å². The van der Waals surface area contributed by atoms with Gasteiger partial charge in [0.1, 0.15) is 5.82 Å². The molecule has 0 atom stereocenters. The van der Waals surface area contributed by atoms with Gasteiger partial charge >= 0.3 is 0 Å². The van der Waals surface area contributed by atoms with Crippen molar-refractivity contribution in [3.63, 3.8) is 0 Å². The van der Waals surface area contributed by atoms with Crippen LogP contribution >= 0.6 is 0 Å². The van der Waals surface area contributed by atoms with Crippen LogP contribution in [0.25, 0.3) is 17.3 Å². The van der Waals surface area contributed by atoms with Crippen molar-refractivity contribution < 1.29 is 0 Å². The summed E-state index contributed by atoms with van der Waals surface area (Å²) in [6, 6.07) is 4.76. The number of likely N-dealkylation sites (tertiary alicyclic amines) is 1. The molecule has 6 heteroatoms. The molecule has 6 nitrogen and oxygen atoms in total. The maximum Gasteiger partial charge on any atom is 0.224 e. The van der Waals surface area contributed by atoms with E-state index in [1.54, 1.807) is 0 Å². The van der Waals surface area contributed by atoms with Gasteiger partial charge in [-0.05, 0) is 50.8 Å². The Hall–Kier alpha value is -2.47. The van der Waals surface area contributed by atoms with Crippen LogP contribution < -0.4 is 10.6 Å². The zero-order chi connectivity index (χ0) is 22.2. The number of rotatable bonds is 8.